The molecule has 0 spiro atoms. The van der Waals surface area contributed by atoms with Crippen molar-refractivity contribution in [1.29, 1.82) is 4.78 Å². The SMILES string of the molecule is COc1cc([S@](=N)(=O)C2CC2)ccc1NCC#Cc1sc2c(N[C@@H]3CCN(C)C[C@@H]3F)cccc2c1CC(F)(F)F. The summed E-state index contributed by atoms with van der Waals surface area (Å²) in [5.74, 6) is 6.26. The van der Waals surface area contributed by atoms with Crippen molar-refractivity contribution in [2.75, 3.05) is 44.4 Å². The highest BCUT2D eigenvalue weighted by molar-refractivity contribution is 7.93. The van der Waals surface area contributed by atoms with E-state index in [2.05, 4.69) is 22.5 Å². The number of anilines is 2. The van der Waals surface area contributed by atoms with E-state index in [9.17, 15) is 21.8 Å². The van der Waals surface area contributed by atoms with Crippen molar-refractivity contribution >= 4 is 42.5 Å². The number of hydrogen-bond donors (Lipinski definition) is 3. The second kappa shape index (κ2) is 11.7. The van der Waals surface area contributed by atoms with Gasteiger partial charge in [-0.25, -0.2) is 13.4 Å². The normalized spacial score (nSPS) is 21.1. The quantitative estimate of drug-likeness (QED) is 0.201. The topological polar surface area (TPSA) is 77.4 Å². The molecule has 41 heavy (non-hydrogen) atoms. The van der Waals surface area contributed by atoms with E-state index in [0.717, 1.165) is 19.4 Å². The number of benzene rings is 2. The average molecular weight is 609 g/mol. The molecule has 2 fully saturated rings. The van der Waals surface area contributed by atoms with Crippen molar-refractivity contribution in [3.05, 3.63) is 46.8 Å². The maximum atomic E-state index is 14.7. The summed E-state index contributed by atoms with van der Waals surface area (Å²) >= 11 is 1.17. The van der Waals surface area contributed by atoms with Crippen LogP contribution < -0.4 is 15.4 Å². The molecule has 1 aliphatic carbocycles. The van der Waals surface area contributed by atoms with Crippen LogP contribution >= 0.6 is 11.3 Å². The van der Waals surface area contributed by atoms with Gasteiger partial charge in [0.15, 0.2) is 0 Å². The smallest absolute Gasteiger partial charge is 0.393 e. The molecule has 220 valence electrons. The van der Waals surface area contributed by atoms with E-state index in [1.54, 1.807) is 36.4 Å². The number of likely N-dealkylation sites (tertiary alicyclic amines) is 1. The zero-order chi connectivity index (χ0) is 29.4. The van der Waals surface area contributed by atoms with Gasteiger partial charge in [0.25, 0.3) is 0 Å². The minimum Gasteiger partial charge on any atom is -0.495 e. The molecule has 3 atom stereocenters. The number of fused-ring (bicyclic) bond motifs is 1. The van der Waals surface area contributed by atoms with Gasteiger partial charge in [-0.2, -0.15) is 13.2 Å². The van der Waals surface area contributed by atoms with Crippen LogP contribution in [0, 0.1) is 16.6 Å². The van der Waals surface area contributed by atoms with E-state index in [-0.39, 0.29) is 17.4 Å². The molecule has 3 aromatic rings. The first-order valence-corrected chi connectivity index (χ1v) is 15.8. The summed E-state index contributed by atoms with van der Waals surface area (Å²) < 4.78 is 82.5. The molecule has 6 nitrogen and oxygen atoms in total. The maximum absolute atomic E-state index is 14.7. The molecule has 1 saturated carbocycles. The van der Waals surface area contributed by atoms with Crippen LogP contribution in [0.4, 0.5) is 28.9 Å². The molecule has 12 heteroatoms. The van der Waals surface area contributed by atoms with Crippen LogP contribution in [0.1, 0.15) is 29.7 Å². The number of nitrogens with one attached hydrogen (secondary N) is 3. The fraction of sp³-hybridized carbons (Fsp3) is 0.448. The fourth-order valence-electron chi connectivity index (χ4n) is 5.04. The van der Waals surface area contributed by atoms with Crippen molar-refractivity contribution in [1.82, 2.24) is 4.90 Å². The second-order valence-corrected chi connectivity index (χ2v) is 13.9. The van der Waals surface area contributed by atoms with Gasteiger partial charge in [-0.3, -0.25) is 0 Å². The standard InChI is InChI=1S/C29H32F4N4O2S2/c1-37-14-12-23(22(30)17-37)36-25-6-3-5-20-21(16-29(31,32)33)27(40-28(20)25)7-4-13-35-24-11-10-19(15-26(24)39-2)41(34,38)18-8-9-18/h3,5-6,10-11,15,18,22-23,34-36H,8-9,12-14,16-17H2,1-2H3/t22-,23+,41+/m0/s1. The molecule has 0 unspecified atom stereocenters. The Labute approximate surface area is 241 Å². The van der Waals surface area contributed by atoms with Gasteiger partial charge >= 0.3 is 6.18 Å². The summed E-state index contributed by atoms with van der Waals surface area (Å²) in [6, 6.07) is 9.61. The lowest BCUT2D eigenvalue weighted by Crippen LogP contribution is -2.46. The number of ether oxygens (including phenoxy) is 1. The minimum atomic E-state index is -4.42. The predicted molar refractivity (Wildman–Crippen MR) is 157 cm³/mol. The van der Waals surface area contributed by atoms with Crippen molar-refractivity contribution in [3.8, 4) is 17.6 Å². The molecule has 0 radical (unpaired) electrons. The van der Waals surface area contributed by atoms with Gasteiger partial charge in [-0.05, 0) is 61.5 Å². The van der Waals surface area contributed by atoms with Crippen LogP contribution in [0.15, 0.2) is 41.3 Å². The Morgan fingerprint density at radius 2 is 1.98 bits per heavy atom. The van der Waals surface area contributed by atoms with Gasteiger partial charge in [-0.15, -0.1) is 11.3 Å². The molecule has 0 bridgehead atoms. The molecule has 5 rings (SSSR count). The number of methoxy groups -OCH3 is 1. The van der Waals surface area contributed by atoms with Crippen molar-refractivity contribution < 1.29 is 26.5 Å². The highest BCUT2D eigenvalue weighted by Gasteiger charge is 2.34. The zero-order valence-electron chi connectivity index (χ0n) is 22.7. The van der Waals surface area contributed by atoms with Crippen LogP contribution in [0.3, 0.4) is 0 Å². The van der Waals surface area contributed by atoms with Gasteiger partial charge in [-0.1, -0.05) is 24.0 Å². The number of nitrogens with zero attached hydrogens (tertiary/aromatic N) is 1. The van der Waals surface area contributed by atoms with E-state index in [0.29, 0.717) is 49.9 Å². The highest BCUT2D eigenvalue weighted by atomic mass is 32.2. The van der Waals surface area contributed by atoms with Crippen molar-refractivity contribution in [2.24, 2.45) is 0 Å². The first-order valence-electron chi connectivity index (χ1n) is 13.3. The lowest BCUT2D eigenvalue weighted by Gasteiger charge is -2.33. The Hall–Kier alpha value is -3.01. The average Bonchev–Trinajstić information content (AvgIpc) is 3.72. The number of rotatable bonds is 8. The first kappa shape index (κ1) is 29.5. The molecule has 1 aromatic heterocycles. The fourth-order valence-corrected chi connectivity index (χ4v) is 7.95. The Morgan fingerprint density at radius 1 is 1.20 bits per heavy atom. The molecule has 1 saturated heterocycles. The third-order valence-corrected chi connectivity index (χ3v) is 10.9. The summed E-state index contributed by atoms with van der Waals surface area (Å²) in [5.41, 5.74) is 1.30. The van der Waals surface area contributed by atoms with Gasteiger partial charge in [0.2, 0.25) is 0 Å². The molecule has 2 aromatic carbocycles. The summed E-state index contributed by atoms with van der Waals surface area (Å²) in [6.45, 7) is 1.16. The van der Waals surface area contributed by atoms with E-state index in [1.165, 1.54) is 18.4 Å². The number of alkyl halides is 4. The van der Waals surface area contributed by atoms with Crippen LogP contribution in [0.5, 0.6) is 5.75 Å². The molecule has 3 N–H and O–H groups in total. The van der Waals surface area contributed by atoms with Crippen LogP contribution in [-0.4, -0.2) is 66.5 Å². The van der Waals surface area contributed by atoms with Crippen LogP contribution in [0.2, 0.25) is 0 Å². The summed E-state index contributed by atoms with van der Waals surface area (Å²) in [4.78, 5) is 2.65. The van der Waals surface area contributed by atoms with Gasteiger partial charge in [0, 0.05) is 18.3 Å². The summed E-state index contributed by atoms with van der Waals surface area (Å²) in [5, 5.41) is 6.69. The number of piperidine rings is 1. The molecule has 1 aliphatic heterocycles. The third kappa shape index (κ3) is 6.74. The molecule has 2 aliphatic rings. The lowest BCUT2D eigenvalue weighted by atomic mass is 10.0. The molecule has 0 amide bonds. The van der Waals surface area contributed by atoms with Crippen LogP contribution in [-0.2, 0) is 16.1 Å². The van der Waals surface area contributed by atoms with Gasteiger partial charge < -0.3 is 20.3 Å². The third-order valence-electron chi connectivity index (χ3n) is 7.37. The van der Waals surface area contributed by atoms with Gasteiger partial charge in [0.05, 0.1) is 61.7 Å². The summed E-state index contributed by atoms with van der Waals surface area (Å²) in [6.07, 6.45) is -4.47. The van der Waals surface area contributed by atoms with E-state index < -0.39 is 34.5 Å². The zero-order valence-corrected chi connectivity index (χ0v) is 24.4. The Morgan fingerprint density at radius 3 is 2.66 bits per heavy atom. The van der Waals surface area contributed by atoms with Crippen molar-refractivity contribution in [2.45, 2.75) is 54.2 Å². The largest absolute Gasteiger partial charge is 0.495 e. The lowest BCUT2D eigenvalue weighted by molar-refractivity contribution is -0.126. The predicted octanol–water partition coefficient (Wildman–Crippen LogP) is 6.50. The Kier molecular flexibility index (Phi) is 8.41. The first-order chi connectivity index (χ1) is 19.5. The van der Waals surface area contributed by atoms with E-state index in [1.807, 2.05) is 11.9 Å². The van der Waals surface area contributed by atoms with E-state index >= 15 is 0 Å². The van der Waals surface area contributed by atoms with Crippen molar-refractivity contribution in [3.63, 3.8) is 0 Å². The monoisotopic (exact) mass is 608 g/mol. The summed E-state index contributed by atoms with van der Waals surface area (Å²) in [7, 11) is 0.455. The molecular formula is C29H32F4N4O2S2. The highest BCUT2D eigenvalue weighted by Crippen LogP contribution is 2.40. The minimum absolute atomic E-state index is 0.112. The number of halogens is 4. The number of hydrogen-bond acceptors (Lipinski definition) is 7. The maximum Gasteiger partial charge on any atom is 0.393 e. The second-order valence-electron chi connectivity index (χ2n) is 10.5. The Bertz CT molecular complexity index is 1590. The number of thiophene rings is 1. The Balaban J connectivity index is 1.38. The molecule has 2 heterocycles. The van der Waals surface area contributed by atoms with Gasteiger partial charge in [0.1, 0.15) is 11.9 Å². The van der Waals surface area contributed by atoms with Crippen LogP contribution in [0.25, 0.3) is 10.1 Å². The molecular weight excluding hydrogens is 576 g/mol. The van der Waals surface area contributed by atoms with E-state index in [4.69, 9.17) is 9.52 Å².